The minimum Gasteiger partial charge on any atom is -0.444 e. The van der Waals surface area contributed by atoms with Gasteiger partial charge in [0.05, 0.1) is 17.6 Å². The number of amides is 2. The van der Waals surface area contributed by atoms with Crippen molar-refractivity contribution >= 4 is 28.3 Å². The van der Waals surface area contributed by atoms with E-state index in [9.17, 15) is 9.59 Å². The molecule has 0 saturated carbocycles. The van der Waals surface area contributed by atoms with Gasteiger partial charge in [0.25, 0.3) is 0 Å². The second kappa shape index (κ2) is 9.91. The van der Waals surface area contributed by atoms with Gasteiger partial charge in [0.15, 0.2) is 0 Å². The van der Waals surface area contributed by atoms with Crippen LogP contribution in [0.25, 0.3) is 0 Å². The first kappa shape index (κ1) is 23.6. The molecule has 8 heteroatoms. The zero-order valence-electron chi connectivity index (χ0n) is 18.7. The van der Waals surface area contributed by atoms with E-state index >= 15 is 0 Å². The molecule has 164 valence electrons. The maximum absolute atomic E-state index is 12.7. The van der Waals surface area contributed by atoms with E-state index in [2.05, 4.69) is 10.6 Å². The van der Waals surface area contributed by atoms with E-state index in [-0.39, 0.29) is 24.1 Å². The summed E-state index contributed by atoms with van der Waals surface area (Å²) in [6, 6.07) is -0.0529. The van der Waals surface area contributed by atoms with Gasteiger partial charge < -0.3 is 20.1 Å². The third-order valence-electron chi connectivity index (χ3n) is 4.94. The molecule has 0 aromatic carbocycles. The molecule has 0 aliphatic carbocycles. The highest BCUT2D eigenvalue weighted by Gasteiger charge is 2.38. The monoisotopic (exact) mass is 425 g/mol. The lowest BCUT2D eigenvalue weighted by Crippen LogP contribution is -2.46. The predicted octanol–water partition coefficient (Wildman–Crippen LogP) is 3.86. The second-order valence-corrected chi connectivity index (χ2v) is 9.61. The van der Waals surface area contributed by atoms with Gasteiger partial charge in [-0.2, -0.15) is 0 Å². The predicted molar refractivity (Wildman–Crippen MR) is 117 cm³/mol. The molecule has 29 heavy (non-hydrogen) atoms. The molecular weight excluding hydrogens is 390 g/mol. The number of anilines is 1. The van der Waals surface area contributed by atoms with Gasteiger partial charge in [0, 0.05) is 37.5 Å². The van der Waals surface area contributed by atoms with Crippen LogP contribution in [-0.2, 0) is 20.7 Å². The van der Waals surface area contributed by atoms with E-state index in [1.54, 1.807) is 18.4 Å². The van der Waals surface area contributed by atoms with Crippen molar-refractivity contribution in [3.05, 3.63) is 16.0 Å². The van der Waals surface area contributed by atoms with E-state index in [4.69, 9.17) is 9.47 Å². The smallest absolute Gasteiger partial charge is 0.411 e. The molecule has 2 rings (SSSR count). The van der Waals surface area contributed by atoms with Crippen molar-refractivity contribution in [2.45, 2.75) is 72.1 Å². The van der Waals surface area contributed by atoms with Crippen LogP contribution in [0.4, 0.5) is 9.80 Å². The number of methoxy groups -OCH3 is 1. The Labute approximate surface area is 178 Å². The molecule has 7 nitrogen and oxygen atoms in total. The lowest BCUT2D eigenvalue weighted by molar-refractivity contribution is -0.116. The maximum Gasteiger partial charge on any atom is 0.411 e. The van der Waals surface area contributed by atoms with Crippen LogP contribution in [0.2, 0.25) is 0 Å². The molecule has 1 aromatic heterocycles. The summed E-state index contributed by atoms with van der Waals surface area (Å²) in [5, 5.41) is 7.10. The van der Waals surface area contributed by atoms with Crippen LogP contribution >= 0.6 is 11.3 Å². The fourth-order valence-electron chi connectivity index (χ4n) is 3.53. The quantitative estimate of drug-likeness (QED) is 0.649. The van der Waals surface area contributed by atoms with Gasteiger partial charge in [-0.05, 0) is 59.1 Å². The number of hydrogen-bond donors (Lipinski definition) is 2. The molecule has 2 heterocycles. The summed E-state index contributed by atoms with van der Waals surface area (Å²) in [5.74, 6) is -0.0127. The Kier molecular flexibility index (Phi) is 8.08. The number of nitrogens with one attached hydrogen (secondary N) is 2. The molecule has 0 bridgehead atoms. The molecule has 0 spiro atoms. The average Bonchev–Trinajstić information content (AvgIpc) is 2.90. The summed E-state index contributed by atoms with van der Waals surface area (Å²) < 4.78 is 10.6. The number of hydrogen-bond acceptors (Lipinski definition) is 6. The van der Waals surface area contributed by atoms with Gasteiger partial charge in [0.1, 0.15) is 5.60 Å². The van der Waals surface area contributed by atoms with Gasteiger partial charge in [-0.15, -0.1) is 11.3 Å². The fourth-order valence-corrected chi connectivity index (χ4v) is 4.83. The highest BCUT2D eigenvalue weighted by Crippen LogP contribution is 2.44. The maximum atomic E-state index is 12.7. The van der Waals surface area contributed by atoms with Gasteiger partial charge in [-0.1, -0.05) is 0 Å². The Hall–Kier alpha value is -1.64. The lowest BCUT2D eigenvalue weighted by Gasteiger charge is -2.39. The summed E-state index contributed by atoms with van der Waals surface area (Å²) in [5.41, 5.74) is 1.81. The van der Waals surface area contributed by atoms with Crippen LogP contribution in [0.15, 0.2) is 0 Å². The summed E-state index contributed by atoms with van der Waals surface area (Å²) in [6.45, 7) is 13.7. The van der Waals surface area contributed by atoms with Crippen LogP contribution in [0.1, 0.15) is 63.1 Å². The van der Waals surface area contributed by atoms with Crippen molar-refractivity contribution in [3.8, 4) is 0 Å². The van der Waals surface area contributed by atoms with Crippen molar-refractivity contribution in [2.24, 2.45) is 0 Å². The molecule has 2 atom stereocenters. The number of carbonyl (C=O) groups is 2. The van der Waals surface area contributed by atoms with Crippen molar-refractivity contribution < 1.29 is 19.1 Å². The molecule has 2 unspecified atom stereocenters. The minimum atomic E-state index is -0.529. The number of fused-ring (bicyclic) bond motifs is 1. The average molecular weight is 426 g/mol. The molecule has 2 N–H and O–H groups in total. The number of nitrogens with zero attached hydrogens (tertiary/aromatic N) is 1. The van der Waals surface area contributed by atoms with Crippen LogP contribution in [-0.4, -0.2) is 55.3 Å². The Morgan fingerprint density at radius 2 is 1.93 bits per heavy atom. The summed E-state index contributed by atoms with van der Waals surface area (Å²) in [6.07, 6.45) is 0.874. The van der Waals surface area contributed by atoms with Crippen LogP contribution < -0.4 is 10.6 Å². The van der Waals surface area contributed by atoms with Crippen LogP contribution in [0.3, 0.4) is 0 Å². The highest BCUT2D eigenvalue weighted by atomic mass is 32.1. The van der Waals surface area contributed by atoms with Crippen molar-refractivity contribution in [1.82, 2.24) is 10.2 Å². The third kappa shape index (κ3) is 6.17. The molecule has 0 radical (unpaired) electrons. The van der Waals surface area contributed by atoms with Crippen LogP contribution in [0, 0.1) is 6.92 Å². The number of carbonyl (C=O) groups excluding carboxylic acids is 2. The largest absolute Gasteiger partial charge is 0.444 e. The van der Waals surface area contributed by atoms with Gasteiger partial charge in [0.2, 0.25) is 5.91 Å². The summed E-state index contributed by atoms with van der Waals surface area (Å²) in [7, 11) is 1.65. The number of ether oxygens (including phenoxy) is 2. The topological polar surface area (TPSA) is 79.9 Å². The van der Waals surface area contributed by atoms with E-state index in [0.29, 0.717) is 19.6 Å². The minimum absolute atomic E-state index is 0.0127. The molecule has 2 amide bonds. The number of rotatable bonds is 7. The summed E-state index contributed by atoms with van der Waals surface area (Å²) >= 11 is 1.57. The standard InChI is InChI=1S/C21H35N3O4S/c1-13-12-16-14(2)19(23-17(25)8-9-22-10-11-27-7)29-18(16)15(3)24(13)20(26)28-21(4,5)6/h13,15,22H,8-12H2,1-7H3,(H,23,25). The molecule has 0 saturated heterocycles. The molecule has 0 fully saturated rings. The zero-order chi connectivity index (χ0) is 21.8. The second-order valence-electron chi connectivity index (χ2n) is 8.56. The fraction of sp³-hybridized carbons (Fsp3) is 0.714. The normalized spacial score (nSPS) is 19.1. The molecule has 1 aromatic rings. The Bertz CT molecular complexity index is 726. The van der Waals surface area contributed by atoms with Gasteiger partial charge >= 0.3 is 6.09 Å². The first-order valence-electron chi connectivity index (χ1n) is 10.2. The molecular formula is C21H35N3O4S. The van der Waals surface area contributed by atoms with E-state index in [1.165, 1.54) is 5.56 Å². The van der Waals surface area contributed by atoms with Crippen molar-refractivity contribution in [3.63, 3.8) is 0 Å². The van der Waals surface area contributed by atoms with E-state index in [0.717, 1.165) is 28.4 Å². The van der Waals surface area contributed by atoms with Gasteiger partial charge in [-0.25, -0.2) is 4.79 Å². The van der Waals surface area contributed by atoms with Crippen molar-refractivity contribution in [2.75, 3.05) is 32.1 Å². The van der Waals surface area contributed by atoms with E-state index in [1.807, 2.05) is 46.4 Å². The SMILES string of the molecule is COCCNCCC(=O)Nc1sc2c(c1C)CC(C)N(C(=O)OC(C)(C)C)C2C. The first-order valence-corrected chi connectivity index (χ1v) is 11.0. The summed E-state index contributed by atoms with van der Waals surface area (Å²) in [4.78, 5) is 28.0. The first-order chi connectivity index (χ1) is 13.5. The van der Waals surface area contributed by atoms with Crippen molar-refractivity contribution in [1.29, 1.82) is 0 Å². The van der Waals surface area contributed by atoms with E-state index < -0.39 is 5.60 Å². The third-order valence-corrected chi connectivity index (χ3v) is 6.36. The van der Waals surface area contributed by atoms with Gasteiger partial charge in [-0.3, -0.25) is 9.69 Å². The number of thiophene rings is 1. The Morgan fingerprint density at radius 1 is 1.24 bits per heavy atom. The Balaban J connectivity index is 2.07. The molecule has 1 aliphatic rings. The Morgan fingerprint density at radius 3 is 2.55 bits per heavy atom. The molecule has 1 aliphatic heterocycles. The lowest BCUT2D eigenvalue weighted by atomic mass is 9.94. The van der Waals surface area contributed by atoms with Crippen LogP contribution in [0.5, 0.6) is 0 Å². The highest BCUT2D eigenvalue weighted by molar-refractivity contribution is 7.16. The zero-order valence-corrected chi connectivity index (χ0v) is 19.5.